The van der Waals surface area contributed by atoms with Gasteiger partial charge >= 0.3 is 0 Å². The summed E-state index contributed by atoms with van der Waals surface area (Å²) in [4.78, 5) is 3.90. The molecular weight excluding hydrogens is 316 g/mol. The zero-order valence-corrected chi connectivity index (χ0v) is 14.5. The van der Waals surface area contributed by atoms with Crippen molar-refractivity contribution in [3.8, 4) is 5.75 Å². The van der Waals surface area contributed by atoms with E-state index in [0.29, 0.717) is 13.4 Å². The van der Waals surface area contributed by atoms with Crippen LogP contribution in [0.1, 0.15) is 6.92 Å². The monoisotopic (exact) mass is 337 g/mol. The number of hydrogen-bond donors (Lipinski definition) is 0. The summed E-state index contributed by atoms with van der Waals surface area (Å²) in [6.07, 6.45) is 0. The summed E-state index contributed by atoms with van der Waals surface area (Å²) in [6, 6.07) is 29.6. The molecular formula is C21H21O2S+. The van der Waals surface area contributed by atoms with Gasteiger partial charge < -0.3 is 9.47 Å². The van der Waals surface area contributed by atoms with Gasteiger partial charge in [0.15, 0.2) is 21.5 Å². The molecule has 24 heavy (non-hydrogen) atoms. The average molecular weight is 337 g/mol. The van der Waals surface area contributed by atoms with Crippen molar-refractivity contribution in [2.24, 2.45) is 0 Å². The molecule has 0 unspecified atom stereocenters. The molecule has 0 aliphatic rings. The highest BCUT2D eigenvalue weighted by atomic mass is 32.2. The van der Waals surface area contributed by atoms with Crippen molar-refractivity contribution in [3.05, 3.63) is 84.9 Å². The molecule has 0 spiro atoms. The van der Waals surface area contributed by atoms with Crippen LogP contribution in [0.15, 0.2) is 99.6 Å². The van der Waals surface area contributed by atoms with Crippen molar-refractivity contribution in [2.45, 2.75) is 21.6 Å². The van der Waals surface area contributed by atoms with Crippen molar-refractivity contribution < 1.29 is 9.47 Å². The van der Waals surface area contributed by atoms with E-state index in [9.17, 15) is 0 Å². The molecule has 0 aliphatic carbocycles. The van der Waals surface area contributed by atoms with Crippen LogP contribution in [-0.2, 0) is 15.6 Å². The molecule has 3 aromatic rings. The van der Waals surface area contributed by atoms with Crippen molar-refractivity contribution in [1.29, 1.82) is 0 Å². The predicted octanol–water partition coefficient (Wildman–Crippen LogP) is 5.15. The molecule has 0 fully saturated rings. The minimum Gasteiger partial charge on any atom is -0.468 e. The van der Waals surface area contributed by atoms with Crippen LogP contribution in [0, 0.1) is 0 Å². The molecule has 0 saturated heterocycles. The topological polar surface area (TPSA) is 18.5 Å². The fraction of sp³-hybridized carbons (Fsp3) is 0.143. The molecule has 2 nitrogen and oxygen atoms in total. The van der Waals surface area contributed by atoms with Gasteiger partial charge in [-0.25, -0.2) is 0 Å². The van der Waals surface area contributed by atoms with Crippen molar-refractivity contribution in [3.63, 3.8) is 0 Å². The van der Waals surface area contributed by atoms with Crippen LogP contribution in [0.2, 0.25) is 0 Å². The summed E-state index contributed by atoms with van der Waals surface area (Å²) in [6.45, 7) is 2.90. The number of hydrogen-bond acceptors (Lipinski definition) is 2. The van der Waals surface area contributed by atoms with E-state index >= 15 is 0 Å². The second-order valence-electron chi connectivity index (χ2n) is 5.16. The summed E-state index contributed by atoms with van der Waals surface area (Å²) in [5.41, 5.74) is 0. The van der Waals surface area contributed by atoms with Gasteiger partial charge in [0.2, 0.25) is 0 Å². The molecule has 3 aromatic carbocycles. The Kier molecular flexibility index (Phi) is 5.94. The third-order valence-electron chi connectivity index (χ3n) is 3.53. The highest BCUT2D eigenvalue weighted by molar-refractivity contribution is 7.97. The molecule has 0 aliphatic heterocycles. The molecule has 0 radical (unpaired) electrons. The quantitative estimate of drug-likeness (QED) is 0.337. The largest absolute Gasteiger partial charge is 0.468 e. The van der Waals surface area contributed by atoms with E-state index in [-0.39, 0.29) is 10.9 Å². The van der Waals surface area contributed by atoms with Crippen LogP contribution in [0.5, 0.6) is 5.75 Å². The highest BCUT2D eigenvalue weighted by Gasteiger charge is 2.28. The number of ether oxygens (including phenoxy) is 2. The van der Waals surface area contributed by atoms with Crippen LogP contribution >= 0.6 is 0 Å². The lowest BCUT2D eigenvalue weighted by Gasteiger charge is -2.09. The van der Waals surface area contributed by atoms with Gasteiger partial charge in [-0.1, -0.05) is 36.4 Å². The Labute approximate surface area is 146 Å². The van der Waals surface area contributed by atoms with E-state index in [0.717, 1.165) is 5.75 Å². The fourth-order valence-corrected chi connectivity index (χ4v) is 4.47. The van der Waals surface area contributed by atoms with Crippen LogP contribution in [0.25, 0.3) is 0 Å². The second kappa shape index (κ2) is 8.57. The Morgan fingerprint density at radius 2 is 1.17 bits per heavy atom. The summed E-state index contributed by atoms with van der Waals surface area (Å²) in [7, 11) is -0.117. The summed E-state index contributed by atoms with van der Waals surface area (Å²) < 4.78 is 10.8. The second-order valence-corrected chi connectivity index (χ2v) is 7.19. The molecule has 122 valence electrons. The minimum atomic E-state index is -0.117. The Bertz CT molecular complexity index is 687. The van der Waals surface area contributed by atoms with E-state index in [2.05, 4.69) is 72.8 Å². The summed E-state index contributed by atoms with van der Waals surface area (Å²) in [5, 5.41) is 0. The third kappa shape index (κ3) is 4.19. The van der Waals surface area contributed by atoms with E-state index < -0.39 is 0 Å². The maximum Gasteiger partial charge on any atom is 0.189 e. The lowest BCUT2D eigenvalue weighted by molar-refractivity contribution is 0.0224. The van der Waals surface area contributed by atoms with Gasteiger partial charge in [0.05, 0.1) is 10.9 Å². The Morgan fingerprint density at radius 3 is 1.67 bits per heavy atom. The van der Waals surface area contributed by atoms with Crippen molar-refractivity contribution >= 4 is 10.9 Å². The molecule has 0 heterocycles. The maximum absolute atomic E-state index is 5.57. The zero-order valence-electron chi connectivity index (χ0n) is 13.7. The standard InChI is InChI=1S/C21H21O2S/c1-2-22-17-23-18-13-15-21(16-14-18)24(19-9-5-3-6-10-19)20-11-7-4-8-12-20/h3-16H,2,17H2,1H3/q+1. The van der Waals surface area contributed by atoms with Gasteiger partial charge in [-0.3, -0.25) is 0 Å². The predicted molar refractivity (Wildman–Crippen MR) is 98.6 cm³/mol. The van der Waals surface area contributed by atoms with Crippen LogP contribution < -0.4 is 4.74 Å². The molecule has 3 rings (SSSR count). The normalized spacial score (nSPS) is 10.8. The number of rotatable bonds is 7. The first-order valence-electron chi connectivity index (χ1n) is 8.03. The van der Waals surface area contributed by atoms with Crippen LogP contribution in [0.4, 0.5) is 0 Å². The summed E-state index contributed by atoms with van der Waals surface area (Å²) >= 11 is 0. The lowest BCUT2D eigenvalue weighted by Crippen LogP contribution is -2.05. The van der Waals surface area contributed by atoms with E-state index in [4.69, 9.17) is 9.47 Å². The van der Waals surface area contributed by atoms with Gasteiger partial charge in [-0.2, -0.15) is 0 Å². The van der Waals surface area contributed by atoms with Gasteiger partial charge in [-0.05, 0) is 55.5 Å². The minimum absolute atomic E-state index is 0.117. The molecule has 0 N–H and O–H groups in total. The summed E-state index contributed by atoms with van der Waals surface area (Å²) in [5.74, 6) is 0.830. The Hall–Kier alpha value is -2.23. The highest BCUT2D eigenvalue weighted by Crippen LogP contribution is 2.31. The zero-order chi connectivity index (χ0) is 16.6. The maximum atomic E-state index is 5.57. The average Bonchev–Trinajstić information content (AvgIpc) is 2.65. The number of benzene rings is 3. The Balaban J connectivity index is 1.89. The third-order valence-corrected chi connectivity index (χ3v) is 5.76. The van der Waals surface area contributed by atoms with Gasteiger partial charge in [0.1, 0.15) is 5.75 Å². The van der Waals surface area contributed by atoms with Crippen molar-refractivity contribution in [1.82, 2.24) is 0 Å². The van der Waals surface area contributed by atoms with Gasteiger partial charge in [0, 0.05) is 6.61 Å². The van der Waals surface area contributed by atoms with E-state index in [1.165, 1.54) is 14.7 Å². The molecule has 0 atom stereocenters. The smallest absolute Gasteiger partial charge is 0.189 e. The lowest BCUT2D eigenvalue weighted by atomic mass is 10.3. The first-order valence-corrected chi connectivity index (χ1v) is 9.26. The molecule has 0 saturated carbocycles. The first kappa shape index (κ1) is 16.6. The molecule has 3 heteroatoms. The Morgan fingerprint density at radius 1 is 0.667 bits per heavy atom. The van der Waals surface area contributed by atoms with E-state index in [1.807, 2.05) is 19.1 Å². The molecule has 0 amide bonds. The first-order chi connectivity index (χ1) is 11.9. The SMILES string of the molecule is CCOCOc1ccc([S+](c2ccccc2)c2ccccc2)cc1. The van der Waals surface area contributed by atoms with E-state index in [1.54, 1.807) is 0 Å². The van der Waals surface area contributed by atoms with Gasteiger partial charge in [0.25, 0.3) is 0 Å². The van der Waals surface area contributed by atoms with Crippen LogP contribution in [0.3, 0.4) is 0 Å². The molecule has 0 aromatic heterocycles. The van der Waals surface area contributed by atoms with Crippen molar-refractivity contribution in [2.75, 3.05) is 13.4 Å². The van der Waals surface area contributed by atoms with Gasteiger partial charge in [-0.15, -0.1) is 0 Å². The molecule has 0 bridgehead atoms. The van der Waals surface area contributed by atoms with Crippen LogP contribution in [-0.4, -0.2) is 13.4 Å². The fourth-order valence-electron chi connectivity index (χ4n) is 2.39.